The molecule has 0 spiro atoms. The van der Waals surface area contributed by atoms with Gasteiger partial charge in [0.25, 0.3) is 0 Å². The van der Waals surface area contributed by atoms with Gasteiger partial charge in [0.1, 0.15) is 0 Å². The lowest BCUT2D eigenvalue weighted by Crippen LogP contribution is -2.61. The van der Waals surface area contributed by atoms with Crippen molar-refractivity contribution in [1.29, 1.82) is 0 Å². The maximum absolute atomic E-state index is 9.94. The zero-order chi connectivity index (χ0) is 12.4. The predicted molar refractivity (Wildman–Crippen MR) is 64.1 cm³/mol. The summed E-state index contributed by atoms with van der Waals surface area (Å²) in [5, 5.41) is 26.2. The summed E-state index contributed by atoms with van der Waals surface area (Å²) in [6, 6.07) is 0. The fraction of sp³-hybridized carbons (Fsp3) is 1.00. The minimum absolute atomic E-state index is 0.129. The van der Waals surface area contributed by atoms with Gasteiger partial charge in [-0.25, -0.2) is 0 Å². The van der Waals surface area contributed by atoms with Crippen LogP contribution in [0.4, 0.5) is 0 Å². The molecule has 94 valence electrons. The lowest BCUT2D eigenvalue weighted by molar-refractivity contribution is -0.101. The predicted octanol–water partition coefficient (Wildman–Crippen LogP) is -0.866. The first kappa shape index (κ1) is 13.9. The summed E-state index contributed by atoms with van der Waals surface area (Å²) >= 11 is 0. The van der Waals surface area contributed by atoms with Crippen LogP contribution in [-0.4, -0.2) is 54.0 Å². The van der Waals surface area contributed by atoms with E-state index in [1.807, 2.05) is 0 Å². The molecule has 1 aliphatic rings. The smallest absolute Gasteiger partial charge is 0.426 e. The highest BCUT2D eigenvalue weighted by Crippen LogP contribution is 2.25. The molecule has 6 heteroatoms. The molecule has 0 bridgehead atoms. The lowest BCUT2D eigenvalue weighted by Gasteiger charge is -2.40. The zero-order valence-electron chi connectivity index (χ0n) is 10.6. The molecule has 0 aliphatic carbocycles. The second-order valence-electron chi connectivity index (χ2n) is 5.34. The molecule has 1 rings (SSSR count). The summed E-state index contributed by atoms with van der Waals surface area (Å²) in [5.41, 5.74) is -1.80. The van der Waals surface area contributed by atoms with Gasteiger partial charge in [-0.3, -0.25) is 0 Å². The molecular formula is C10H23BN2O3. The second-order valence-corrected chi connectivity index (χ2v) is 5.34. The van der Waals surface area contributed by atoms with E-state index in [-0.39, 0.29) is 5.94 Å². The molecule has 0 aromatic rings. The molecule has 0 aromatic carbocycles. The van der Waals surface area contributed by atoms with Crippen molar-refractivity contribution in [1.82, 2.24) is 10.6 Å². The topological polar surface area (TPSA) is 73.8 Å². The van der Waals surface area contributed by atoms with Crippen LogP contribution in [0.25, 0.3) is 0 Å². The van der Waals surface area contributed by atoms with Crippen molar-refractivity contribution in [2.75, 3.05) is 19.6 Å². The van der Waals surface area contributed by atoms with Gasteiger partial charge in [0.15, 0.2) is 0 Å². The van der Waals surface area contributed by atoms with Crippen LogP contribution in [0.5, 0.6) is 0 Å². The highest BCUT2D eigenvalue weighted by atomic mass is 16.5. The number of rotatable bonds is 4. The Morgan fingerprint density at radius 3 is 2.31 bits per heavy atom. The van der Waals surface area contributed by atoms with E-state index in [4.69, 9.17) is 4.65 Å². The number of aliphatic hydroxyl groups is 1. The van der Waals surface area contributed by atoms with Crippen LogP contribution in [0.15, 0.2) is 0 Å². The Labute approximate surface area is 97.7 Å². The highest BCUT2D eigenvalue weighted by molar-refractivity contribution is 6.45. The molecule has 16 heavy (non-hydrogen) atoms. The zero-order valence-corrected chi connectivity index (χ0v) is 10.6. The van der Waals surface area contributed by atoms with Crippen LogP contribution in [-0.2, 0) is 4.65 Å². The Morgan fingerprint density at radius 2 is 1.88 bits per heavy atom. The van der Waals surface area contributed by atoms with Gasteiger partial charge in [0.2, 0.25) is 0 Å². The summed E-state index contributed by atoms with van der Waals surface area (Å²) in [6.45, 7) is 9.27. The molecule has 1 aliphatic heterocycles. The number of nitrogens with one attached hydrogen (secondary N) is 2. The van der Waals surface area contributed by atoms with Gasteiger partial charge < -0.3 is 25.4 Å². The first-order chi connectivity index (χ1) is 7.24. The van der Waals surface area contributed by atoms with Gasteiger partial charge in [-0.15, -0.1) is 0 Å². The minimum Gasteiger partial charge on any atom is -0.426 e. The highest BCUT2D eigenvalue weighted by Gasteiger charge is 2.41. The minimum atomic E-state index is -1.00. The van der Waals surface area contributed by atoms with Crippen LogP contribution >= 0.6 is 0 Å². The number of hydrogen-bond acceptors (Lipinski definition) is 5. The SMILES string of the molecule is CC(C)(O)C(C)(C)OB(O)C1CNCCN1. The molecule has 1 heterocycles. The third-order valence-electron chi connectivity index (χ3n) is 3.31. The van der Waals surface area contributed by atoms with Crippen molar-refractivity contribution in [2.24, 2.45) is 0 Å². The number of hydrogen-bond donors (Lipinski definition) is 4. The van der Waals surface area contributed by atoms with E-state index in [1.165, 1.54) is 0 Å². The molecule has 4 N–H and O–H groups in total. The quantitative estimate of drug-likeness (QED) is 0.473. The van der Waals surface area contributed by atoms with Crippen molar-refractivity contribution in [3.63, 3.8) is 0 Å². The normalized spacial score (nSPS) is 23.2. The van der Waals surface area contributed by atoms with Crippen LogP contribution in [0.3, 0.4) is 0 Å². The first-order valence-electron chi connectivity index (χ1n) is 5.76. The third kappa shape index (κ3) is 3.43. The molecule has 0 amide bonds. The Bertz CT molecular complexity index is 225. The Hall–Kier alpha value is -0.135. The average Bonchev–Trinajstić information content (AvgIpc) is 2.16. The molecule has 0 aromatic heterocycles. The lowest BCUT2D eigenvalue weighted by atomic mass is 9.75. The summed E-state index contributed by atoms with van der Waals surface area (Å²) in [6.07, 6.45) is 0. The van der Waals surface area contributed by atoms with E-state index in [0.717, 1.165) is 13.1 Å². The third-order valence-corrected chi connectivity index (χ3v) is 3.31. The van der Waals surface area contributed by atoms with Crippen molar-refractivity contribution in [3.05, 3.63) is 0 Å². The van der Waals surface area contributed by atoms with Crippen LogP contribution < -0.4 is 10.6 Å². The molecule has 1 atom stereocenters. The van der Waals surface area contributed by atoms with Crippen molar-refractivity contribution < 1.29 is 14.8 Å². The van der Waals surface area contributed by atoms with Gasteiger partial charge >= 0.3 is 7.12 Å². The fourth-order valence-electron chi connectivity index (χ4n) is 1.41. The van der Waals surface area contributed by atoms with Gasteiger partial charge in [-0.05, 0) is 27.7 Å². The molecule has 1 unspecified atom stereocenters. The van der Waals surface area contributed by atoms with Crippen LogP contribution in [0.1, 0.15) is 27.7 Å². The van der Waals surface area contributed by atoms with Crippen LogP contribution in [0, 0.1) is 0 Å². The largest absolute Gasteiger partial charge is 0.474 e. The van der Waals surface area contributed by atoms with Gasteiger partial charge in [0, 0.05) is 19.6 Å². The monoisotopic (exact) mass is 230 g/mol. The fourth-order valence-corrected chi connectivity index (χ4v) is 1.41. The second kappa shape index (κ2) is 5.02. The Balaban J connectivity index is 2.52. The molecule has 0 saturated carbocycles. The summed E-state index contributed by atoms with van der Waals surface area (Å²) < 4.78 is 5.54. The maximum Gasteiger partial charge on any atom is 0.474 e. The van der Waals surface area contributed by atoms with Gasteiger partial charge in [-0.2, -0.15) is 0 Å². The van der Waals surface area contributed by atoms with E-state index in [1.54, 1.807) is 27.7 Å². The van der Waals surface area contributed by atoms with E-state index >= 15 is 0 Å². The van der Waals surface area contributed by atoms with Gasteiger partial charge in [0.05, 0.1) is 17.1 Å². The van der Waals surface area contributed by atoms with E-state index in [2.05, 4.69) is 10.6 Å². The first-order valence-corrected chi connectivity index (χ1v) is 5.76. The van der Waals surface area contributed by atoms with Crippen LogP contribution in [0.2, 0.25) is 0 Å². The van der Waals surface area contributed by atoms with Crippen molar-refractivity contribution in [2.45, 2.75) is 44.8 Å². The molecule has 1 saturated heterocycles. The van der Waals surface area contributed by atoms with Crippen molar-refractivity contribution in [3.8, 4) is 0 Å². The van der Waals surface area contributed by atoms with E-state index in [0.29, 0.717) is 6.54 Å². The van der Waals surface area contributed by atoms with E-state index < -0.39 is 18.3 Å². The van der Waals surface area contributed by atoms with E-state index in [9.17, 15) is 10.1 Å². The Kier molecular flexibility index (Phi) is 4.37. The summed E-state index contributed by atoms with van der Waals surface area (Å²) in [4.78, 5) is 0. The summed E-state index contributed by atoms with van der Waals surface area (Å²) in [5.74, 6) is -0.129. The Morgan fingerprint density at radius 1 is 1.25 bits per heavy atom. The summed E-state index contributed by atoms with van der Waals surface area (Å²) in [7, 11) is -0.922. The molecule has 0 radical (unpaired) electrons. The molecule has 1 fully saturated rings. The maximum atomic E-state index is 9.94. The number of piperazine rings is 1. The standard InChI is InChI=1S/C10H23BN2O3/c1-9(2,14)10(3,4)16-11(15)8-7-12-5-6-13-8/h8,12-15H,5-7H2,1-4H3. The molecular weight excluding hydrogens is 207 g/mol. The average molecular weight is 230 g/mol. The van der Waals surface area contributed by atoms with Crippen molar-refractivity contribution >= 4 is 7.12 Å². The molecule has 5 nitrogen and oxygen atoms in total. The van der Waals surface area contributed by atoms with Gasteiger partial charge in [-0.1, -0.05) is 0 Å².